The molecule has 1 saturated heterocycles. The second-order valence-electron chi connectivity index (χ2n) is 10.4. The molecule has 1 N–H and O–H groups in total. The van der Waals surface area contributed by atoms with Crippen LogP contribution in [0.2, 0.25) is 10.0 Å². The van der Waals surface area contributed by atoms with Crippen LogP contribution in [0.15, 0.2) is 59.6 Å². The Labute approximate surface area is 247 Å². The highest BCUT2D eigenvalue weighted by atomic mass is 35.5. The molecule has 0 radical (unpaired) electrons. The minimum absolute atomic E-state index is 0.0195. The quantitative estimate of drug-likeness (QED) is 0.345. The van der Waals surface area contributed by atoms with Gasteiger partial charge in [-0.3, -0.25) is 0 Å². The fourth-order valence-electron chi connectivity index (χ4n) is 4.36. The number of morpholine rings is 1. The van der Waals surface area contributed by atoms with Gasteiger partial charge < -0.3 is 19.7 Å². The third kappa shape index (κ3) is 7.65. The van der Waals surface area contributed by atoms with E-state index in [1.54, 1.807) is 20.8 Å². The molecule has 1 fully saturated rings. The van der Waals surface area contributed by atoms with Crippen LogP contribution in [0.1, 0.15) is 37.1 Å². The van der Waals surface area contributed by atoms with Crippen molar-refractivity contribution >= 4 is 45.0 Å². The monoisotopic (exact) mass is 627 g/mol. The molecule has 0 saturated carbocycles. The summed E-state index contributed by atoms with van der Waals surface area (Å²) in [5.74, 6) is -1.37. The van der Waals surface area contributed by atoms with Gasteiger partial charge >= 0.3 is 6.09 Å². The van der Waals surface area contributed by atoms with Crippen LogP contribution in [0, 0.1) is 11.6 Å². The molecule has 8 nitrogen and oxygen atoms in total. The lowest BCUT2D eigenvalue weighted by atomic mass is 10.0. The summed E-state index contributed by atoms with van der Waals surface area (Å²) >= 11 is 12.4. The van der Waals surface area contributed by atoms with Crippen molar-refractivity contribution in [1.29, 1.82) is 0 Å². The Morgan fingerprint density at radius 1 is 1.15 bits per heavy atom. The number of carbonyl (C=O) groups excluding carboxylic acids is 1. The number of aromatic nitrogens is 1. The molecule has 0 spiro atoms. The Hall–Kier alpha value is -2.99. The summed E-state index contributed by atoms with van der Waals surface area (Å²) in [6, 6.07) is 9.45. The fourth-order valence-corrected chi connectivity index (χ4v) is 6.59. The highest BCUT2D eigenvalue weighted by molar-refractivity contribution is 7.92. The van der Waals surface area contributed by atoms with E-state index >= 15 is 4.39 Å². The molecule has 13 heteroatoms. The van der Waals surface area contributed by atoms with Gasteiger partial charge in [0.05, 0.1) is 22.6 Å². The predicted octanol–water partition coefficient (Wildman–Crippen LogP) is 5.96. The maximum atomic E-state index is 15.1. The van der Waals surface area contributed by atoms with Crippen LogP contribution in [0.3, 0.4) is 0 Å². The van der Waals surface area contributed by atoms with Crippen LogP contribution in [0.5, 0.6) is 0 Å². The van der Waals surface area contributed by atoms with Crippen molar-refractivity contribution in [1.82, 2.24) is 10.3 Å². The Kier molecular flexibility index (Phi) is 9.42. The minimum Gasteiger partial charge on any atom is -0.444 e. The Bertz CT molecular complexity index is 1520. The maximum Gasteiger partial charge on any atom is 0.407 e. The van der Waals surface area contributed by atoms with Crippen molar-refractivity contribution in [3.63, 3.8) is 0 Å². The summed E-state index contributed by atoms with van der Waals surface area (Å²) in [6.07, 6.45) is 0.265. The average molecular weight is 629 g/mol. The molecule has 4 rings (SSSR count). The molecule has 2 atom stereocenters. The van der Waals surface area contributed by atoms with Crippen molar-refractivity contribution in [3.05, 3.63) is 87.5 Å². The molecule has 1 amide bonds. The van der Waals surface area contributed by atoms with Crippen molar-refractivity contribution in [2.75, 3.05) is 31.1 Å². The van der Waals surface area contributed by atoms with Gasteiger partial charge in [-0.1, -0.05) is 23.2 Å². The molecule has 220 valence electrons. The van der Waals surface area contributed by atoms with Crippen LogP contribution in [-0.2, 0) is 19.3 Å². The van der Waals surface area contributed by atoms with Gasteiger partial charge in [-0.25, -0.2) is 27.0 Å². The van der Waals surface area contributed by atoms with E-state index in [-0.39, 0.29) is 22.0 Å². The van der Waals surface area contributed by atoms with E-state index in [9.17, 15) is 17.6 Å². The van der Waals surface area contributed by atoms with Crippen molar-refractivity contribution < 1.29 is 31.5 Å². The van der Waals surface area contributed by atoms with Crippen LogP contribution in [0.25, 0.3) is 0 Å². The largest absolute Gasteiger partial charge is 0.444 e. The van der Waals surface area contributed by atoms with Crippen LogP contribution in [-0.4, -0.2) is 57.4 Å². The summed E-state index contributed by atoms with van der Waals surface area (Å²) in [7, 11) is -4.36. The van der Waals surface area contributed by atoms with Crippen molar-refractivity contribution in [2.24, 2.45) is 0 Å². The van der Waals surface area contributed by atoms with Gasteiger partial charge in [-0.2, -0.15) is 0 Å². The number of halogens is 4. The highest BCUT2D eigenvalue weighted by Gasteiger charge is 2.36. The third-order valence-electron chi connectivity index (χ3n) is 6.18. The first-order valence-electron chi connectivity index (χ1n) is 12.7. The lowest BCUT2D eigenvalue weighted by molar-refractivity contribution is 0.0281. The van der Waals surface area contributed by atoms with E-state index in [4.69, 9.17) is 32.7 Å². The molecule has 1 aliphatic rings. The summed E-state index contributed by atoms with van der Waals surface area (Å²) in [5.41, 5.74) is -1.04. The van der Waals surface area contributed by atoms with Gasteiger partial charge in [-0.05, 0) is 74.9 Å². The number of rotatable bonds is 7. The smallest absolute Gasteiger partial charge is 0.407 e. The molecule has 0 aliphatic carbocycles. The first-order valence-corrected chi connectivity index (χ1v) is 15.0. The van der Waals surface area contributed by atoms with Gasteiger partial charge in [0.2, 0.25) is 0 Å². The van der Waals surface area contributed by atoms with E-state index in [2.05, 4.69) is 10.3 Å². The maximum absolute atomic E-state index is 15.1. The van der Waals surface area contributed by atoms with Crippen molar-refractivity contribution in [2.45, 2.75) is 42.6 Å². The Morgan fingerprint density at radius 2 is 1.85 bits per heavy atom. The summed E-state index contributed by atoms with van der Waals surface area (Å²) in [5, 5.41) is 1.24. The Balaban J connectivity index is 1.69. The van der Waals surface area contributed by atoms with Gasteiger partial charge in [0.15, 0.2) is 9.84 Å². The Morgan fingerprint density at radius 3 is 2.54 bits per heavy atom. The molecule has 3 aromatic rings. The lowest BCUT2D eigenvalue weighted by Gasteiger charge is -2.34. The van der Waals surface area contributed by atoms with E-state index in [0.29, 0.717) is 30.5 Å². The number of sulfone groups is 1. The zero-order valence-corrected chi connectivity index (χ0v) is 24.9. The van der Waals surface area contributed by atoms with Gasteiger partial charge in [0.25, 0.3) is 0 Å². The normalized spacial score (nSPS) is 16.8. The van der Waals surface area contributed by atoms with Gasteiger partial charge in [-0.15, -0.1) is 0 Å². The average Bonchev–Trinajstić information content (AvgIpc) is 2.90. The zero-order valence-electron chi connectivity index (χ0n) is 22.5. The number of alkyl carbamates (subject to hydrolysis) is 1. The molecule has 2 heterocycles. The molecule has 1 aliphatic heterocycles. The molecule has 0 bridgehead atoms. The number of pyridine rings is 1. The zero-order chi connectivity index (χ0) is 29.9. The number of hydrogen-bond donors (Lipinski definition) is 1. The number of anilines is 1. The second-order valence-corrected chi connectivity index (χ2v) is 13.3. The van der Waals surface area contributed by atoms with Gasteiger partial charge in [0, 0.05) is 36.4 Å². The predicted molar refractivity (Wildman–Crippen MR) is 152 cm³/mol. The molecule has 41 heavy (non-hydrogen) atoms. The van der Waals surface area contributed by atoms with E-state index in [1.807, 2.05) is 4.90 Å². The number of benzene rings is 2. The molecule has 1 aromatic heterocycles. The summed E-state index contributed by atoms with van der Waals surface area (Å²) in [6.45, 7) is 6.42. The first-order chi connectivity index (χ1) is 19.2. The van der Waals surface area contributed by atoms with Crippen LogP contribution >= 0.6 is 23.2 Å². The minimum atomic E-state index is -4.36. The standard InChI is InChI=1S/C28H29Cl2F2N3O5S/c1-28(2,3)40-27(36)34-14-19-16-35(10-11-39-19)25-13-21(23(30)15-33-25)26(22-12-18(31)6-9-24(22)32)41(37,38)20-7-4-17(29)5-8-20/h4-9,12-13,15,19,26H,10-11,14,16H2,1-3H3,(H,34,36). The molecule has 2 unspecified atom stereocenters. The first kappa shape index (κ1) is 31.0. The van der Waals surface area contributed by atoms with Crippen molar-refractivity contribution in [3.8, 4) is 0 Å². The van der Waals surface area contributed by atoms with E-state index in [0.717, 1.165) is 18.2 Å². The van der Waals surface area contributed by atoms with Crippen LogP contribution in [0.4, 0.5) is 19.4 Å². The molecule has 2 aromatic carbocycles. The summed E-state index contributed by atoms with van der Waals surface area (Å²) < 4.78 is 68.4. The molecular formula is C28H29Cl2F2N3O5S. The lowest BCUT2D eigenvalue weighted by Crippen LogP contribution is -2.48. The number of amides is 1. The second kappa shape index (κ2) is 12.5. The summed E-state index contributed by atoms with van der Waals surface area (Å²) in [4.78, 5) is 18.1. The highest BCUT2D eigenvalue weighted by Crippen LogP contribution is 2.41. The van der Waals surface area contributed by atoms with E-state index in [1.165, 1.54) is 36.5 Å². The number of nitrogens with one attached hydrogen (secondary N) is 1. The number of carbonyl (C=O) groups is 1. The van der Waals surface area contributed by atoms with Gasteiger partial charge in [0.1, 0.15) is 28.3 Å². The number of hydrogen-bond acceptors (Lipinski definition) is 7. The topological polar surface area (TPSA) is 97.8 Å². The number of ether oxygens (including phenoxy) is 2. The molecular weight excluding hydrogens is 599 g/mol. The van der Waals surface area contributed by atoms with Crippen LogP contribution < -0.4 is 10.2 Å². The fraction of sp³-hybridized carbons (Fsp3) is 0.357. The number of nitrogens with zero attached hydrogens (tertiary/aromatic N) is 2. The third-order valence-corrected chi connectivity index (χ3v) is 8.81. The van der Waals surface area contributed by atoms with E-state index < -0.39 is 50.1 Å². The SMILES string of the molecule is CC(C)(C)OC(=O)NCC1CN(c2cc(C(c3cc(F)ccc3F)S(=O)(=O)c3ccc(Cl)cc3)c(Cl)cn2)CCO1.